The number of aliphatic hydroxyl groups excluding tert-OH is 1. The molecule has 0 aliphatic carbocycles. The Hall–Kier alpha value is 0.170. The number of aliphatic hydroxyl groups is 1. The van der Waals surface area contributed by atoms with Crippen LogP contribution in [0.3, 0.4) is 0 Å². The summed E-state index contributed by atoms with van der Waals surface area (Å²) in [7, 11) is 0. The van der Waals surface area contributed by atoms with Gasteiger partial charge in [-0.25, -0.2) is 0 Å². The molecule has 0 atom stereocenters. The predicted molar refractivity (Wildman–Crippen MR) is 69.3 cm³/mol. The number of morpholine rings is 1. The standard InChI is InChI=1S/C12H25NO2.ClH/c14-10-6-4-2-1-3-5-7-13-8-11-15-12-9-13;/h14H,1-12H2;1H. The van der Waals surface area contributed by atoms with Gasteiger partial charge in [-0.2, -0.15) is 0 Å². The molecule has 16 heavy (non-hydrogen) atoms. The third-order valence-corrected chi connectivity index (χ3v) is 2.99. The zero-order valence-electron chi connectivity index (χ0n) is 10.2. The molecule has 1 heterocycles. The lowest BCUT2D eigenvalue weighted by molar-refractivity contribution is 0.0371. The van der Waals surface area contributed by atoms with E-state index in [0.717, 1.165) is 32.7 Å². The van der Waals surface area contributed by atoms with Crippen LogP contribution in [0.2, 0.25) is 0 Å². The fourth-order valence-electron chi connectivity index (χ4n) is 1.98. The van der Waals surface area contributed by atoms with Crippen LogP contribution in [0.4, 0.5) is 0 Å². The Labute approximate surface area is 106 Å². The summed E-state index contributed by atoms with van der Waals surface area (Å²) in [6.07, 6.45) is 7.42. The van der Waals surface area contributed by atoms with Crippen LogP contribution in [0.25, 0.3) is 0 Å². The predicted octanol–water partition coefficient (Wildman–Crippen LogP) is 2.07. The van der Waals surface area contributed by atoms with Gasteiger partial charge in [0.1, 0.15) is 0 Å². The SMILES string of the molecule is Cl.OCCCCCCCCN1CCOCC1. The van der Waals surface area contributed by atoms with E-state index in [-0.39, 0.29) is 12.4 Å². The minimum atomic E-state index is 0. The largest absolute Gasteiger partial charge is 0.396 e. The van der Waals surface area contributed by atoms with Crippen LogP contribution in [-0.4, -0.2) is 49.5 Å². The molecule has 0 unspecified atom stereocenters. The highest BCUT2D eigenvalue weighted by molar-refractivity contribution is 5.85. The van der Waals surface area contributed by atoms with Crippen molar-refractivity contribution < 1.29 is 9.84 Å². The van der Waals surface area contributed by atoms with Crippen LogP contribution < -0.4 is 0 Å². The quantitative estimate of drug-likeness (QED) is 0.671. The maximum atomic E-state index is 8.62. The second kappa shape index (κ2) is 11.6. The number of halogens is 1. The van der Waals surface area contributed by atoms with Crippen molar-refractivity contribution in [3.05, 3.63) is 0 Å². The highest BCUT2D eigenvalue weighted by Crippen LogP contribution is 2.06. The molecule has 0 spiro atoms. The molecule has 1 rings (SSSR count). The van der Waals surface area contributed by atoms with Gasteiger partial charge in [-0.1, -0.05) is 25.7 Å². The van der Waals surface area contributed by atoms with Crippen LogP contribution >= 0.6 is 12.4 Å². The molecular formula is C12H26ClNO2. The summed E-state index contributed by atoms with van der Waals surface area (Å²) in [6.45, 7) is 5.65. The lowest BCUT2D eigenvalue weighted by atomic mass is 10.1. The van der Waals surface area contributed by atoms with Gasteiger partial charge in [-0.05, 0) is 19.4 Å². The molecule has 0 aromatic heterocycles. The van der Waals surface area contributed by atoms with Crippen LogP contribution in [-0.2, 0) is 4.74 Å². The summed E-state index contributed by atoms with van der Waals surface area (Å²) in [4.78, 5) is 2.50. The molecule has 0 saturated carbocycles. The minimum absolute atomic E-state index is 0. The lowest BCUT2D eigenvalue weighted by Gasteiger charge is -2.26. The highest BCUT2D eigenvalue weighted by Gasteiger charge is 2.08. The molecule has 0 radical (unpaired) electrons. The van der Waals surface area contributed by atoms with Gasteiger partial charge in [-0.15, -0.1) is 12.4 Å². The summed E-state index contributed by atoms with van der Waals surface area (Å²) >= 11 is 0. The normalized spacial score (nSPS) is 17.1. The Bertz CT molecular complexity index is 141. The van der Waals surface area contributed by atoms with Crippen LogP contribution in [0, 0.1) is 0 Å². The average molecular weight is 252 g/mol. The van der Waals surface area contributed by atoms with Gasteiger partial charge < -0.3 is 9.84 Å². The van der Waals surface area contributed by atoms with Gasteiger partial charge in [0.05, 0.1) is 13.2 Å². The zero-order chi connectivity index (χ0) is 10.8. The van der Waals surface area contributed by atoms with Crippen LogP contribution in [0.5, 0.6) is 0 Å². The minimum Gasteiger partial charge on any atom is -0.396 e. The van der Waals surface area contributed by atoms with E-state index in [2.05, 4.69) is 4.90 Å². The van der Waals surface area contributed by atoms with E-state index >= 15 is 0 Å². The van der Waals surface area contributed by atoms with E-state index in [4.69, 9.17) is 9.84 Å². The fraction of sp³-hybridized carbons (Fsp3) is 1.00. The number of hydrogen-bond donors (Lipinski definition) is 1. The molecule has 4 heteroatoms. The molecule has 0 aromatic rings. The topological polar surface area (TPSA) is 32.7 Å². The van der Waals surface area contributed by atoms with Crippen molar-refractivity contribution >= 4 is 12.4 Å². The summed E-state index contributed by atoms with van der Waals surface area (Å²) in [5.74, 6) is 0. The van der Waals surface area contributed by atoms with Gasteiger partial charge >= 0.3 is 0 Å². The van der Waals surface area contributed by atoms with Crippen molar-refractivity contribution in [2.45, 2.75) is 38.5 Å². The first-order valence-corrected chi connectivity index (χ1v) is 6.34. The zero-order valence-corrected chi connectivity index (χ0v) is 11.0. The first kappa shape index (κ1) is 16.2. The number of hydrogen-bond acceptors (Lipinski definition) is 3. The van der Waals surface area contributed by atoms with E-state index in [1.165, 1.54) is 38.6 Å². The van der Waals surface area contributed by atoms with Gasteiger partial charge in [0.2, 0.25) is 0 Å². The molecule has 1 saturated heterocycles. The van der Waals surface area contributed by atoms with Gasteiger partial charge in [0.25, 0.3) is 0 Å². The lowest BCUT2D eigenvalue weighted by Crippen LogP contribution is -2.36. The number of nitrogens with zero attached hydrogens (tertiary/aromatic N) is 1. The van der Waals surface area contributed by atoms with Crippen LogP contribution in [0.1, 0.15) is 38.5 Å². The number of rotatable bonds is 8. The van der Waals surface area contributed by atoms with E-state index in [1.807, 2.05) is 0 Å². The van der Waals surface area contributed by atoms with Gasteiger partial charge in [-0.3, -0.25) is 4.90 Å². The molecule has 3 nitrogen and oxygen atoms in total. The molecule has 1 aliphatic heterocycles. The maximum absolute atomic E-state index is 8.62. The number of ether oxygens (including phenoxy) is 1. The summed E-state index contributed by atoms with van der Waals surface area (Å²) in [5, 5.41) is 8.62. The molecule has 0 bridgehead atoms. The van der Waals surface area contributed by atoms with Crippen molar-refractivity contribution in [3.63, 3.8) is 0 Å². The van der Waals surface area contributed by atoms with Crippen molar-refractivity contribution in [2.24, 2.45) is 0 Å². The molecule has 0 aromatic carbocycles. The van der Waals surface area contributed by atoms with Crippen molar-refractivity contribution in [2.75, 3.05) is 39.5 Å². The molecule has 1 aliphatic rings. The Balaban J connectivity index is 0.00000225. The second-order valence-corrected chi connectivity index (χ2v) is 4.30. The van der Waals surface area contributed by atoms with Crippen molar-refractivity contribution in [3.8, 4) is 0 Å². The summed E-state index contributed by atoms with van der Waals surface area (Å²) in [6, 6.07) is 0. The summed E-state index contributed by atoms with van der Waals surface area (Å²) in [5.41, 5.74) is 0. The second-order valence-electron chi connectivity index (χ2n) is 4.30. The van der Waals surface area contributed by atoms with Crippen LogP contribution in [0.15, 0.2) is 0 Å². The Kier molecular flexibility index (Phi) is 11.8. The van der Waals surface area contributed by atoms with E-state index < -0.39 is 0 Å². The number of unbranched alkanes of at least 4 members (excludes halogenated alkanes) is 5. The third kappa shape index (κ3) is 8.34. The molecule has 1 fully saturated rings. The fourth-order valence-corrected chi connectivity index (χ4v) is 1.98. The third-order valence-electron chi connectivity index (χ3n) is 2.99. The average Bonchev–Trinajstić information content (AvgIpc) is 2.29. The molecule has 1 N–H and O–H groups in total. The Morgan fingerprint density at radius 2 is 1.44 bits per heavy atom. The van der Waals surface area contributed by atoms with E-state index in [9.17, 15) is 0 Å². The smallest absolute Gasteiger partial charge is 0.0594 e. The molecule has 98 valence electrons. The van der Waals surface area contributed by atoms with Crippen molar-refractivity contribution in [1.29, 1.82) is 0 Å². The highest BCUT2D eigenvalue weighted by atomic mass is 35.5. The van der Waals surface area contributed by atoms with Gasteiger partial charge in [0.15, 0.2) is 0 Å². The first-order chi connectivity index (χ1) is 7.43. The van der Waals surface area contributed by atoms with E-state index in [0.29, 0.717) is 6.61 Å². The Morgan fingerprint density at radius 1 is 0.875 bits per heavy atom. The van der Waals surface area contributed by atoms with E-state index in [1.54, 1.807) is 0 Å². The molecular weight excluding hydrogens is 226 g/mol. The van der Waals surface area contributed by atoms with Gasteiger partial charge in [0, 0.05) is 19.7 Å². The Morgan fingerprint density at radius 3 is 2.06 bits per heavy atom. The van der Waals surface area contributed by atoms with Crippen molar-refractivity contribution in [1.82, 2.24) is 4.90 Å². The molecule has 0 amide bonds. The first-order valence-electron chi connectivity index (χ1n) is 6.34. The monoisotopic (exact) mass is 251 g/mol. The summed E-state index contributed by atoms with van der Waals surface area (Å²) < 4.78 is 5.31. The maximum Gasteiger partial charge on any atom is 0.0594 e.